The number of anilines is 1. The van der Waals surface area contributed by atoms with Crippen molar-refractivity contribution in [2.75, 3.05) is 44.2 Å². The molecule has 3 rings (SSSR count). The molecule has 0 spiro atoms. The van der Waals surface area contributed by atoms with Crippen LogP contribution >= 0.6 is 24.0 Å². The molecule has 1 N–H and O–H groups in total. The minimum absolute atomic E-state index is 0. The molecule has 1 aromatic heterocycles. The van der Waals surface area contributed by atoms with Gasteiger partial charge in [0.2, 0.25) is 0 Å². The van der Waals surface area contributed by atoms with Crippen LogP contribution in [0.2, 0.25) is 0 Å². The Bertz CT molecular complexity index is 622. The lowest BCUT2D eigenvalue weighted by Gasteiger charge is -2.37. The summed E-state index contributed by atoms with van der Waals surface area (Å²) >= 11 is 0. The Morgan fingerprint density at radius 1 is 1.08 bits per heavy atom. The third-order valence-corrected chi connectivity index (χ3v) is 4.24. The van der Waals surface area contributed by atoms with Crippen LogP contribution in [0.5, 0.6) is 0 Å². The van der Waals surface area contributed by atoms with Gasteiger partial charge in [0.05, 0.1) is 6.26 Å². The fourth-order valence-corrected chi connectivity index (χ4v) is 2.97. The van der Waals surface area contributed by atoms with Crippen molar-refractivity contribution in [3.05, 3.63) is 54.5 Å². The third kappa shape index (κ3) is 5.66. The Morgan fingerprint density at radius 3 is 2.48 bits per heavy atom. The number of guanidine groups is 1. The maximum absolute atomic E-state index is 5.37. The van der Waals surface area contributed by atoms with Crippen molar-refractivity contribution in [2.24, 2.45) is 4.99 Å². The average molecular weight is 454 g/mol. The summed E-state index contributed by atoms with van der Waals surface area (Å²) < 4.78 is 5.37. The van der Waals surface area contributed by atoms with Gasteiger partial charge in [-0.15, -0.1) is 24.0 Å². The summed E-state index contributed by atoms with van der Waals surface area (Å²) in [4.78, 5) is 9.55. The zero-order chi connectivity index (χ0) is 16.6. The number of furan rings is 1. The van der Waals surface area contributed by atoms with Gasteiger partial charge in [0.15, 0.2) is 5.96 Å². The molecule has 2 aromatic rings. The molecular weight excluding hydrogens is 427 g/mol. The summed E-state index contributed by atoms with van der Waals surface area (Å²) in [6.07, 6.45) is 2.55. The number of nitrogens with zero attached hydrogens (tertiary/aromatic N) is 3. The van der Waals surface area contributed by atoms with Gasteiger partial charge in [0.25, 0.3) is 0 Å². The molecule has 136 valence electrons. The van der Waals surface area contributed by atoms with E-state index in [1.165, 1.54) is 5.69 Å². The predicted molar refractivity (Wildman–Crippen MR) is 114 cm³/mol. The second-order valence-electron chi connectivity index (χ2n) is 5.87. The first kappa shape index (κ1) is 19.6. The molecule has 6 heteroatoms. The lowest BCUT2D eigenvalue weighted by atomic mass is 10.2. The molecule has 1 saturated heterocycles. The first-order chi connectivity index (χ1) is 11.9. The van der Waals surface area contributed by atoms with Gasteiger partial charge in [-0.3, -0.25) is 4.99 Å². The molecule has 0 saturated carbocycles. The predicted octanol–water partition coefficient (Wildman–Crippen LogP) is 3.23. The minimum Gasteiger partial charge on any atom is -0.469 e. The largest absolute Gasteiger partial charge is 0.469 e. The van der Waals surface area contributed by atoms with Crippen molar-refractivity contribution >= 4 is 35.6 Å². The van der Waals surface area contributed by atoms with E-state index in [1.807, 2.05) is 12.1 Å². The van der Waals surface area contributed by atoms with Crippen molar-refractivity contribution in [1.29, 1.82) is 0 Å². The van der Waals surface area contributed by atoms with E-state index in [0.717, 1.165) is 57.4 Å². The van der Waals surface area contributed by atoms with Crippen LogP contribution in [0.1, 0.15) is 12.7 Å². The lowest BCUT2D eigenvalue weighted by molar-refractivity contribution is 0.372. The van der Waals surface area contributed by atoms with Crippen LogP contribution in [0.4, 0.5) is 5.69 Å². The molecule has 25 heavy (non-hydrogen) atoms. The normalized spacial score (nSPS) is 15.0. The maximum Gasteiger partial charge on any atom is 0.194 e. The van der Waals surface area contributed by atoms with E-state index in [1.54, 1.807) is 6.26 Å². The Balaban J connectivity index is 0.00000225. The molecule has 1 aromatic carbocycles. The Labute approximate surface area is 167 Å². The van der Waals surface area contributed by atoms with Crippen LogP contribution in [0.15, 0.2) is 58.1 Å². The summed E-state index contributed by atoms with van der Waals surface area (Å²) in [5.41, 5.74) is 1.30. The molecule has 1 aliphatic heterocycles. The first-order valence-electron chi connectivity index (χ1n) is 8.72. The molecule has 5 nitrogen and oxygen atoms in total. The van der Waals surface area contributed by atoms with Crippen LogP contribution in [-0.4, -0.2) is 50.1 Å². The molecule has 0 bridgehead atoms. The average Bonchev–Trinajstić information content (AvgIpc) is 3.15. The zero-order valence-corrected chi connectivity index (χ0v) is 17.1. The highest BCUT2D eigenvalue weighted by Gasteiger charge is 2.19. The molecule has 1 fully saturated rings. The molecule has 0 amide bonds. The molecule has 1 aliphatic rings. The summed E-state index contributed by atoms with van der Waals surface area (Å²) in [6.45, 7) is 7.76. The van der Waals surface area contributed by atoms with Gasteiger partial charge >= 0.3 is 0 Å². The smallest absolute Gasteiger partial charge is 0.194 e. The highest BCUT2D eigenvalue weighted by Crippen LogP contribution is 2.15. The Morgan fingerprint density at radius 2 is 1.84 bits per heavy atom. The van der Waals surface area contributed by atoms with Crippen LogP contribution in [0.3, 0.4) is 0 Å². The van der Waals surface area contributed by atoms with Gasteiger partial charge in [0.1, 0.15) is 5.76 Å². The number of hydrogen-bond acceptors (Lipinski definition) is 3. The van der Waals surface area contributed by atoms with Gasteiger partial charge < -0.3 is 19.5 Å². The number of piperazine rings is 1. The fraction of sp³-hybridized carbons (Fsp3) is 0.421. The van der Waals surface area contributed by atoms with Crippen molar-refractivity contribution in [1.82, 2.24) is 10.2 Å². The number of nitrogens with one attached hydrogen (secondary N) is 1. The molecule has 0 unspecified atom stereocenters. The van der Waals surface area contributed by atoms with E-state index in [0.29, 0.717) is 0 Å². The van der Waals surface area contributed by atoms with E-state index < -0.39 is 0 Å². The van der Waals surface area contributed by atoms with Gasteiger partial charge in [0, 0.05) is 51.4 Å². The van der Waals surface area contributed by atoms with E-state index in [2.05, 4.69) is 52.4 Å². The topological polar surface area (TPSA) is 44.0 Å². The summed E-state index contributed by atoms with van der Waals surface area (Å²) in [5, 5.41) is 3.41. The number of benzene rings is 1. The number of aliphatic imine (C=N–C) groups is 1. The SMILES string of the molecule is CCNC(=NCCc1ccco1)N1CCN(c2ccccc2)CC1.I. The minimum atomic E-state index is 0. The lowest BCUT2D eigenvalue weighted by Crippen LogP contribution is -2.52. The van der Waals surface area contributed by atoms with Crippen molar-refractivity contribution < 1.29 is 4.42 Å². The first-order valence-corrected chi connectivity index (χ1v) is 8.72. The number of halogens is 1. The van der Waals surface area contributed by atoms with Crippen molar-refractivity contribution in [3.63, 3.8) is 0 Å². The van der Waals surface area contributed by atoms with E-state index >= 15 is 0 Å². The monoisotopic (exact) mass is 454 g/mol. The quantitative estimate of drug-likeness (QED) is 0.428. The van der Waals surface area contributed by atoms with Crippen LogP contribution < -0.4 is 10.2 Å². The fourth-order valence-electron chi connectivity index (χ4n) is 2.97. The van der Waals surface area contributed by atoms with Crippen molar-refractivity contribution in [2.45, 2.75) is 13.3 Å². The van der Waals surface area contributed by atoms with E-state index in [-0.39, 0.29) is 24.0 Å². The van der Waals surface area contributed by atoms with Gasteiger partial charge in [-0.1, -0.05) is 18.2 Å². The van der Waals surface area contributed by atoms with Crippen LogP contribution in [0.25, 0.3) is 0 Å². The summed E-state index contributed by atoms with van der Waals surface area (Å²) in [5.74, 6) is 2.00. The number of rotatable bonds is 5. The maximum atomic E-state index is 5.37. The standard InChI is InChI=1S/C19H26N4O.HI/c1-2-20-19(21-11-10-18-9-6-16-24-18)23-14-12-22(13-15-23)17-7-4-3-5-8-17;/h3-9,16H,2,10-15H2,1H3,(H,20,21);1H. The zero-order valence-electron chi connectivity index (χ0n) is 14.7. The van der Waals surface area contributed by atoms with Crippen molar-refractivity contribution in [3.8, 4) is 0 Å². The second kappa shape index (κ2) is 10.3. The summed E-state index contributed by atoms with van der Waals surface area (Å²) in [6, 6.07) is 14.5. The highest BCUT2D eigenvalue weighted by atomic mass is 127. The third-order valence-electron chi connectivity index (χ3n) is 4.24. The highest BCUT2D eigenvalue weighted by molar-refractivity contribution is 14.0. The molecule has 0 aliphatic carbocycles. The molecule has 2 heterocycles. The molecule has 0 radical (unpaired) electrons. The van der Waals surface area contributed by atoms with Gasteiger partial charge in [-0.25, -0.2) is 0 Å². The van der Waals surface area contributed by atoms with Crippen LogP contribution in [0, 0.1) is 0 Å². The summed E-state index contributed by atoms with van der Waals surface area (Å²) in [7, 11) is 0. The Kier molecular flexibility index (Phi) is 8.11. The number of hydrogen-bond donors (Lipinski definition) is 1. The van der Waals surface area contributed by atoms with Crippen LogP contribution in [-0.2, 0) is 6.42 Å². The van der Waals surface area contributed by atoms with E-state index in [9.17, 15) is 0 Å². The molecule has 0 atom stereocenters. The Hall–Kier alpha value is -1.70. The van der Waals surface area contributed by atoms with Gasteiger partial charge in [-0.2, -0.15) is 0 Å². The van der Waals surface area contributed by atoms with E-state index in [4.69, 9.17) is 9.41 Å². The molecular formula is C19H27IN4O. The van der Waals surface area contributed by atoms with Gasteiger partial charge in [-0.05, 0) is 31.2 Å². The number of para-hydroxylation sites is 1. The second-order valence-corrected chi connectivity index (χ2v) is 5.87.